The molecule has 2 heterocycles. The lowest BCUT2D eigenvalue weighted by molar-refractivity contribution is 0.272. The molecule has 10 heteroatoms. The molecule has 1 saturated heterocycles. The molecule has 0 unspecified atom stereocenters. The Morgan fingerprint density at radius 2 is 1.71 bits per heavy atom. The first-order valence-corrected chi connectivity index (χ1v) is 9.82. The molecule has 1 aromatic heterocycles. The van der Waals surface area contributed by atoms with Crippen molar-refractivity contribution in [3.05, 3.63) is 11.9 Å². The van der Waals surface area contributed by atoms with Gasteiger partial charge in [-0.15, -0.1) is 0 Å². The molecule has 0 spiro atoms. The van der Waals surface area contributed by atoms with Gasteiger partial charge in [0.25, 0.3) is 0 Å². The average Bonchev–Trinajstić information content (AvgIpc) is 2.86. The van der Waals surface area contributed by atoms with Crippen LogP contribution < -0.4 is 0 Å². The minimum Gasteiger partial charge on any atom is -0.281 e. The molecule has 8 nitrogen and oxygen atoms in total. The zero-order valence-electron chi connectivity index (χ0n) is 12.1. The van der Waals surface area contributed by atoms with Crippen molar-refractivity contribution >= 4 is 20.0 Å². The molecule has 0 radical (unpaired) electrons. The summed E-state index contributed by atoms with van der Waals surface area (Å²) in [4.78, 5) is 0.146. The number of aromatic amines is 1. The van der Waals surface area contributed by atoms with Crippen molar-refractivity contribution in [1.82, 2.24) is 18.8 Å². The van der Waals surface area contributed by atoms with E-state index in [-0.39, 0.29) is 36.8 Å². The molecule has 0 bridgehead atoms. The van der Waals surface area contributed by atoms with Gasteiger partial charge < -0.3 is 0 Å². The van der Waals surface area contributed by atoms with Crippen molar-refractivity contribution in [3.63, 3.8) is 0 Å². The van der Waals surface area contributed by atoms with Crippen molar-refractivity contribution in [2.75, 3.05) is 31.9 Å². The highest BCUT2D eigenvalue weighted by molar-refractivity contribution is 7.89. The number of aryl methyl sites for hydroxylation is 1. The SMILES string of the molecule is CCCS(=O)(=O)N1CCN(S(=O)(=O)c2cn[nH]c2C)CC1. The van der Waals surface area contributed by atoms with Crippen molar-refractivity contribution in [1.29, 1.82) is 0 Å². The van der Waals surface area contributed by atoms with E-state index in [0.29, 0.717) is 12.1 Å². The van der Waals surface area contributed by atoms with Crippen LogP contribution in [0.3, 0.4) is 0 Å². The Labute approximate surface area is 125 Å². The summed E-state index contributed by atoms with van der Waals surface area (Å²) in [5.74, 6) is 0.0978. The Morgan fingerprint density at radius 3 is 2.19 bits per heavy atom. The van der Waals surface area contributed by atoms with Gasteiger partial charge in [-0.25, -0.2) is 16.8 Å². The van der Waals surface area contributed by atoms with Gasteiger partial charge >= 0.3 is 0 Å². The quantitative estimate of drug-likeness (QED) is 0.799. The highest BCUT2D eigenvalue weighted by Gasteiger charge is 2.33. The van der Waals surface area contributed by atoms with Crippen LogP contribution in [0.5, 0.6) is 0 Å². The van der Waals surface area contributed by atoms with Crippen LogP contribution in [0, 0.1) is 6.92 Å². The lowest BCUT2D eigenvalue weighted by Gasteiger charge is -2.33. The van der Waals surface area contributed by atoms with Gasteiger partial charge in [0.2, 0.25) is 20.0 Å². The Balaban J connectivity index is 2.10. The zero-order chi connectivity index (χ0) is 15.7. The third kappa shape index (κ3) is 3.28. The van der Waals surface area contributed by atoms with Gasteiger partial charge in [-0.1, -0.05) is 6.92 Å². The first kappa shape index (κ1) is 16.4. The highest BCUT2D eigenvalue weighted by atomic mass is 32.2. The standard InChI is InChI=1S/C11H20N4O4S2/c1-3-8-20(16,17)14-4-6-15(7-5-14)21(18,19)11-9-12-13-10(11)2/h9H,3-8H2,1-2H3,(H,12,13). The number of nitrogens with zero attached hydrogens (tertiary/aromatic N) is 3. The Hall–Kier alpha value is -0.970. The third-order valence-corrected chi connectivity index (χ3v) is 7.54. The topological polar surface area (TPSA) is 103 Å². The van der Waals surface area contributed by atoms with Crippen LogP contribution in [0.15, 0.2) is 11.1 Å². The van der Waals surface area contributed by atoms with E-state index in [9.17, 15) is 16.8 Å². The second-order valence-electron chi connectivity index (χ2n) is 4.98. The zero-order valence-corrected chi connectivity index (χ0v) is 13.7. The van der Waals surface area contributed by atoms with Crippen molar-refractivity contribution in [3.8, 4) is 0 Å². The van der Waals surface area contributed by atoms with Crippen molar-refractivity contribution in [2.45, 2.75) is 25.2 Å². The molecule has 0 amide bonds. The van der Waals surface area contributed by atoms with Crippen LogP contribution in [0.25, 0.3) is 0 Å². The van der Waals surface area contributed by atoms with Gasteiger partial charge in [-0.3, -0.25) is 5.10 Å². The molecular formula is C11H20N4O4S2. The molecule has 0 atom stereocenters. The van der Waals surface area contributed by atoms with Crippen LogP contribution in [-0.2, 0) is 20.0 Å². The highest BCUT2D eigenvalue weighted by Crippen LogP contribution is 2.20. The molecule has 0 aromatic carbocycles. The summed E-state index contributed by atoms with van der Waals surface area (Å²) in [5.41, 5.74) is 0.482. The Morgan fingerprint density at radius 1 is 1.14 bits per heavy atom. The van der Waals surface area contributed by atoms with Gasteiger partial charge in [-0.2, -0.15) is 13.7 Å². The molecule has 1 N–H and O–H groups in total. The van der Waals surface area contributed by atoms with E-state index in [2.05, 4.69) is 10.2 Å². The van der Waals surface area contributed by atoms with E-state index in [1.807, 2.05) is 0 Å². The minimum atomic E-state index is -3.61. The maximum atomic E-state index is 12.4. The summed E-state index contributed by atoms with van der Waals surface area (Å²) in [7, 11) is -6.88. The number of hydrogen-bond acceptors (Lipinski definition) is 5. The summed E-state index contributed by atoms with van der Waals surface area (Å²) in [6.07, 6.45) is 1.83. The molecule has 1 fully saturated rings. The Kier molecular flexibility index (Phi) is 4.71. The number of nitrogens with one attached hydrogen (secondary N) is 1. The summed E-state index contributed by atoms with van der Waals surface area (Å²) < 4.78 is 51.5. The predicted octanol–water partition coefficient (Wildman–Crippen LogP) is -0.236. The lowest BCUT2D eigenvalue weighted by atomic mass is 10.4. The fourth-order valence-electron chi connectivity index (χ4n) is 2.31. The Bertz CT molecular complexity index is 688. The van der Waals surface area contributed by atoms with Gasteiger partial charge in [0.1, 0.15) is 4.90 Å². The number of hydrogen-bond donors (Lipinski definition) is 1. The third-order valence-electron chi connectivity index (χ3n) is 3.45. The van der Waals surface area contributed by atoms with Crippen molar-refractivity contribution < 1.29 is 16.8 Å². The fourth-order valence-corrected chi connectivity index (χ4v) is 5.35. The van der Waals surface area contributed by atoms with Gasteiger partial charge in [0, 0.05) is 26.2 Å². The van der Waals surface area contributed by atoms with Crippen molar-refractivity contribution in [2.24, 2.45) is 0 Å². The first-order valence-electron chi connectivity index (χ1n) is 6.77. The van der Waals surface area contributed by atoms with Gasteiger partial charge in [-0.05, 0) is 13.3 Å². The van der Waals surface area contributed by atoms with Crippen LogP contribution >= 0.6 is 0 Å². The average molecular weight is 336 g/mol. The molecule has 1 aliphatic heterocycles. The number of sulfonamides is 2. The van der Waals surface area contributed by atoms with E-state index < -0.39 is 20.0 Å². The molecule has 2 rings (SSSR count). The maximum Gasteiger partial charge on any atom is 0.246 e. The summed E-state index contributed by atoms with van der Waals surface area (Å²) >= 11 is 0. The summed E-state index contributed by atoms with van der Waals surface area (Å²) in [6, 6.07) is 0. The first-order chi connectivity index (χ1) is 9.79. The second kappa shape index (κ2) is 6.03. The number of H-pyrrole nitrogens is 1. The minimum absolute atomic E-state index is 0.0978. The summed E-state index contributed by atoms with van der Waals surface area (Å²) in [6.45, 7) is 4.16. The summed E-state index contributed by atoms with van der Waals surface area (Å²) in [5, 5.41) is 6.33. The smallest absolute Gasteiger partial charge is 0.246 e. The van der Waals surface area contributed by atoms with Crippen LogP contribution in [0.4, 0.5) is 0 Å². The van der Waals surface area contributed by atoms with Gasteiger partial charge in [0.05, 0.1) is 17.6 Å². The second-order valence-corrected chi connectivity index (χ2v) is 8.97. The number of rotatable bonds is 5. The van der Waals surface area contributed by atoms with E-state index in [1.165, 1.54) is 14.8 Å². The van der Waals surface area contributed by atoms with Crippen LogP contribution in [0.1, 0.15) is 19.0 Å². The molecule has 0 aliphatic carbocycles. The van der Waals surface area contributed by atoms with Crippen LogP contribution in [0.2, 0.25) is 0 Å². The molecule has 1 aliphatic rings. The predicted molar refractivity (Wildman–Crippen MR) is 77.7 cm³/mol. The van der Waals surface area contributed by atoms with Gasteiger partial charge in [0.15, 0.2) is 0 Å². The molecule has 21 heavy (non-hydrogen) atoms. The van der Waals surface area contributed by atoms with E-state index in [4.69, 9.17) is 0 Å². The maximum absolute atomic E-state index is 12.4. The number of aromatic nitrogens is 2. The largest absolute Gasteiger partial charge is 0.281 e. The molecule has 0 saturated carbocycles. The normalized spacial score (nSPS) is 19.0. The molecule has 120 valence electrons. The van der Waals surface area contributed by atoms with E-state index in [0.717, 1.165) is 0 Å². The lowest BCUT2D eigenvalue weighted by Crippen LogP contribution is -2.50. The monoisotopic (exact) mass is 336 g/mol. The van der Waals surface area contributed by atoms with E-state index >= 15 is 0 Å². The van der Waals surface area contributed by atoms with E-state index in [1.54, 1.807) is 13.8 Å². The molecule has 1 aromatic rings. The number of piperazine rings is 1. The van der Waals surface area contributed by atoms with Crippen LogP contribution in [-0.4, -0.2) is 67.6 Å². The fraction of sp³-hybridized carbons (Fsp3) is 0.727. The molecular weight excluding hydrogens is 316 g/mol.